The van der Waals surface area contributed by atoms with E-state index in [4.69, 9.17) is 9.31 Å². The smallest absolute Gasteiger partial charge is 0.596 e. The van der Waals surface area contributed by atoms with Crippen molar-refractivity contribution >= 4 is 24.7 Å². The first-order valence-corrected chi connectivity index (χ1v) is 10.5. The molecule has 28 heavy (non-hydrogen) atoms. The Labute approximate surface area is 166 Å². The van der Waals surface area contributed by atoms with Crippen LogP contribution >= 0.6 is 0 Å². The molecule has 0 amide bonds. The van der Waals surface area contributed by atoms with E-state index in [0.29, 0.717) is 21.6 Å². The highest BCUT2D eigenvalue weighted by Gasteiger charge is 2.67. The molecule has 1 unspecified atom stereocenters. The van der Waals surface area contributed by atoms with Gasteiger partial charge in [0.25, 0.3) is 0 Å². The predicted octanol–water partition coefficient (Wildman–Crippen LogP) is 3.18. The van der Waals surface area contributed by atoms with E-state index in [-0.39, 0.29) is 25.0 Å². The van der Waals surface area contributed by atoms with Crippen LogP contribution in [0.2, 0.25) is 0 Å². The van der Waals surface area contributed by atoms with Crippen LogP contribution in [0.3, 0.4) is 0 Å². The van der Waals surface area contributed by atoms with Crippen LogP contribution in [0.4, 0.5) is 0 Å². The molecule has 1 aromatic carbocycles. The molecular weight excluding hydrogens is 353 g/mol. The summed E-state index contributed by atoms with van der Waals surface area (Å²) in [6.45, 7) is 3.88. The minimum absolute atomic E-state index is 0.234. The Bertz CT molecular complexity index is 827. The molecule has 5 nitrogen and oxygen atoms in total. The van der Waals surface area contributed by atoms with E-state index < -0.39 is 6.69 Å². The second-order valence-electron chi connectivity index (χ2n) is 9.89. The molecule has 1 aromatic rings. The summed E-state index contributed by atoms with van der Waals surface area (Å²) in [7, 11) is 0. The van der Waals surface area contributed by atoms with Crippen LogP contribution in [0.1, 0.15) is 38.7 Å². The maximum Gasteiger partial charge on any atom is 0.607 e. The summed E-state index contributed by atoms with van der Waals surface area (Å²) in [6.07, 6.45) is 5.63. The third kappa shape index (κ3) is 2.50. The number of fused-ring (bicyclic) bond motifs is 3. The highest BCUT2D eigenvalue weighted by atomic mass is 16.7. The van der Waals surface area contributed by atoms with Gasteiger partial charge < -0.3 is 13.7 Å². The Morgan fingerprint density at radius 2 is 1.79 bits per heavy atom. The molecular formula is C22H28BNO4. The summed E-state index contributed by atoms with van der Waals surface area (Å²) in [5.74, 6) is 3.34. The van der Waals surface area contributed by atoms with Gasteiger partial charge in [-0.1, -0.05) is 56.2 Å². The fourth-order valence-electron chi connectivity index (χ4n) is 6.51. The number of carbonyl (C=O) groups excluding carboxylic acids is 2. The molecule has 2 heterocycles. The van der Waals surface area contributed by atoms with Crippen molar-refractivity contribution in [1.82, 2.24) is 0 Å². The summed E-state index contributed by atoms with van der Waals surface area (Å²) >= 11 is 0. The standard InChI is InChI=1S/C22H28BNO4/c1-22(2)18-9-8-17(19(22)12-18)13-24-14-20(25)27-23(24,28-21(26)15-24)11-10-16-6-4-3-5-7-16/h3-7,10-11,17-19H,8-9,12-15H2,1-2H3/b11-10+/t17?,18-,19-,23?,24?/m1/s1. The van der Waals surface area contributed by atoms with E-state index in [1.807, 2.05) is 42.4 Å². The highest BCUT2D eigenvalue weighted by molar-refractivity contribution is 6.71. The van der Waals surface area contributed by atoms with Gasteiger partial charge in [0, 0.05) is 12.5 Å². The van der Waals surface area contributed by atoms with Gasteiger partial charge in [0.05, 0.1) is 0 Å². The van der Waals surface area contributed by atoms with Crippen molar-refractivity contribution in [3.05, 3.63) is 41.9 Å². The molecule has 0 N–H and O–H groups in total. The molecule has 148 valence electrons. The van der Waals surface area contributed by atoms with Gasteiger partial charge in [0.2, 0.25) is 0 Å². The number of quaternary nitrogens is 1. The Balaban J connectivity index is 1.47. The quantitative estimate of drug-likeness (QED) is 0.752. The first-order chi connectivity index (χ1) is 13.3. The number of benzene rings is 1. The molecule has 3 aliphatic carbocycles. The average Bonchev–Trinajstić information content (AvgIpc) is 3.05. The van der Waals surface area contributed by atoms with Crippen LogP contribution in [0.5, 0.6) is 0 Å². The van der Waals surface area contributed by atoms with E-state index in [1.165, 1.54) is 19.3 Å². The highest BCUT2D eigenvalue weighted by Crippen LogP contribution is 2.62. The minimum atomic E-state index is -2.14. The van der Waals surface area contributed by atoms with Crippen molar-refractivity contribution in [1.29, 1.82) is 0 Å². The third-order valence-corrected chi connectivity index (χ3v) is 8.18. The Morgan fingerprint density at radius 3 is 2.39 bits per heavy atom. The van der Waals surface area contributed by atoms with Gasteiger partial charge in [-0.3, -0.25) is 9.59 Å². The van der Waals surface area contributed by atoms with Crippen LogP contribution in [0.15, 0.2) is 36.3 Å². The van der Waals surface area contributed by atoms with Crippen LogP contribution in [0, 0.1) is 23.2 Å². The normalized spacial score (nSPS) is 40.7. The SMILES string of the molecule is CC1(C)[C@@H]2CCC(C[N+]34CC(=O)O[B-]3(/C=C/c3ccccc3)OC(=O)C4)[C@H]1C2. The van der Waals surface area contributed by atoms with E-state index >= 15 is 0 Å². The Hall–Kier alpha value is -2.08. The van der Waals surface area contributed by atoms with Gasteiger partial charge >= 0.3 is 18.6 Å². The van der Waals surface area contributed by atoms with Gasteiger partial charge in [-0.2, -0.15) is 0 Å². The van der Waals surface area contributed by atoms with Crippen molar-refractivity contribution in [2.45, 2.75) is 33.1 Å². The Morgan fingerprint density at radius 1 is 1.11 bits per heavy atom. The monoisotopic (exact) mass is 381 g/mol. The van der Waals surface area contributed by atoms with Crippen LogP contribution in [0.25, 0.3) is 6.08 Å². The maximum atomic E-state index is 12.4. The molecule has 0 spiro atoms. The van der Waals surface area contributed by atoms with E-state index in [1.54, 1.807) is 0 Å². The van der Waals surface area contributed by atoms with Gasteiger partial charge in [-0.25, -0.2) is 0 Å². The number of hydrogen-bond donors (Lipinski definition) is 0. The van der Waals surface area contributed by atoms with Crippen molar-refractivity contribution in [3.8, 4) is 0 Å². The zero-order valence-electron chi connectivity index (χ0n) is 16.7. The second kappa shape index (κ2) is 5.96. The lowest BCUT2D eigenvalue weighted by Crippen LogP contribution is -2.66. The molecule has 6 rings (SSSR count). The molecule has 5 fully saturated rings. The Kier molecular flexibility index (Phi) is 3.83. The zero-order chi connectivity index (χ0) is 19.6. The molecule has 2 bridgehead atoms. The predicted molar refractivity (Wildman–Crippen MR) is 106 cm³/mol. The molecule has 5 aliphatic rings. The molecule has 3 saturated carbocycles. The average molecular weight is 381 g/mol. The number of rotatable bonds is 4. The van der Waals surface area contributed by atoms with Gasteiger partial charge in [0.15, 0.2) is 0 Å². The first-order valence-electron chi connectivity index (χ1n) is 10.5. The van der Waals surface area contributed by atoms with E-state index in [2.05, 4.69) is 13.8 Å². The molecule has 3 atom stereocenters. The van der Waals surface area contributed by atoms with Crippen LogP contribution in [-0.4, -0.2) is 42.7 Å². The number of carbonyl (C=O) groups is 2. The number of nitrogens with zero attached hydrogens (tertiary/aromatic N) is 1. The molecule has 0 aromatic heterocycles. The van der Waals surface area contributed by atoms with Gasteiger partial charge in [-0.15, -0.1) is 0 Å². The van der Waals surface area contributed by atoms with Crippen molar-refractivity contribution in [2.24, 2.45) is 23.2 Å². The summed E-state index contributed by atoms with van der Waals surface area (Å²) in [5, 5.41) is 0. The molecule has 6 heteroatoms. The van der Waals surface area contributed by atoms with Gasteiger partial charge in [-0.05, 0) is 42.1 Å². The lowest BCUT2D eigenvalue weighted by Gasteiger charge is -2.61. The largest absolute Gasteiger partial charge is 0.607 e. The fourth-order valence-corrected chi connectivity index (χ4v) is 6.51. The van der Waals surface area contributed by atoms with Crippen LogP contribution in [-0.2, 0) is 18.9 Å². The van der Waals surface area contributed by atoms with E-state index in [9.17, 15) is 9.59 Å². The summed E-state index contributed by atoms with van der Waals surface area (Å²) in [5.41, 5.74) is 1.37. The third-order valence-electron chi connectivity index (χ3n) is 8.18. The molecule has 0 radical (unpaired) electrons. The lowest BCUT2D eigenvalue weighted by molar-refractivity contribution is -0.819. The zero-order valence-corrected chi connectivity index (χ0v) is 16.7. The second-order valence-corrected chi connectivity index (χ2v) is 9.89. The summed E-state index contributed by atoms with van der Waals surface area (Å²) in [6, 6.07) is 9.87. The van der Waals surface area contributed by atoms with Crippen molar-refractivity contribution < 1.29 is 23.3 Å². The molecule has 2 aliphatic heterocycles. The first kappa shape index (κ1) is 18.0. The van der Waals surface area contributed by atoms with Crippen LogP contribution < -0.4 is 0 Å². The summed E-state index contributed by atoms with van der Waals surface area (Å²) in [4.78, 5) is 24.8. The van der Waals surface area contributed by atoms with E-state index in [0.717, 1.165) is 18.0 Å². The topological polar surface area (TPSA) is 52.6 Å². The van der Waals surface area contributed by atoms with Gasteiger partial charge in [0.1, 0.15) is 13.1 Å². The fraction of sp³-hybridized carbons (Fsp3) is 0.545. The lowest BCUT2D eigenvalue weighted by atomic mass is 9.45. The van der Waals surface area contributed by atoms with Crippen molar-refractivity contribution in [2.75, 3.05) is 19.6 Å². The molecule has 2 saturated heterocycles. The maximum absolute atomic E-state index is 12.4. The van der Waals surface area contributed by atoms with Crippen molar-refractivity contribution in [3.63, 3.8) is 0 Å². The summed E-state index contributed by atoms with van der Waals surface area (Å²) < 4.78 is 11.9. The minimum Gasteiger partial charge on any atom is -0.596 e. The number of hydrogen-bond acceptors (Lipinski definition) is 4.